The number of benzene rings is 1. The van der Waals surface area contributed by atoms with Crippen LogP contribution in [0.5, 0.6) is 0 Å². The molecule has 0 atom stereocenters. The summed E-state index contributed by atoms with van der Waals surface area (Å²) in [5, 5.41) is 5.62. The van der Waals surface area contributed by atoms with E-state index in [-0.39, 0.29) is 18.4 Å². The molecule has 0 fully saturated rings. The Bertz CT molecular complexity index is 511. The fraction of sp³-hybridized carbons (Fsp3) is 0.471. The van der Waals surface area contributed by atoms with Crippen molar-refractivity contribution >= 4 is 17.4 Å². The second-order valence-electron chi connectivity index (χ2n) is 5.11. The topological polar surface area (TPSA) is 44.4 Å². The number of allylic oxidation sites excluding steroid dienone is 1. The van der Waals surface area contributed by atoms with Crippen LogP contribution in [-0.2, 0) is 0 Å². The van der Waals surface area contributed by atoms with Crippen LogP contribution in [0.2, 0.25) is 0 Å². The van der Waals surface area contributed by atoms with Gasteiger partial charge in [0.05, 0.1) is 0 Å². The zero-order chi connectivity index (χ0) is 15.8. The van der Waals surface area contributed by atoms with E-state index >= 15 is 0 Å². The first kappa shape index (κ1) is 20.3. The third-order valence-electron chi connectivity index (χ3n) is 3.59. The zero-order valence-corrected chi connectivity index (χ0v) is 14.9. The van der Waals surface area contributed by atoms with Crippen molar-refractivity contribution in [2.45, 2.75) is 41.0 Å². The number of aryl methyl sites for hydroxylation is 1. The van der Waals surface area contributed by atoms with Gasteiger partial charge in [-0.2, -0.15) is 0 Å². The summed E-state index contributed by atoms with van der Waals surface area (Å²) in [6, 6.07) is 5.90. The van der Waals surface area contributed by atoms with Gasteiger partial charge in [-0.15, -0.1) is 0 Å². The highest BCUT2D eigenvalue weighted by Crippen LogP contribution is 2.22. The molecular formula is C17H27ClN3O-. The molecule has 2 N–H and O–H groups in total. The number of hydrogen-bond acceptors (Lipinski definition) is 2. The lowest BCUT2D eigenvalue weighted by molar-refractivity contribution is -0.00000772. The lowest BCUT2D eigenvalue weighted by atomic mass is 10.1. The first-order valence-corrected chi connectivity index (χ1v) is 7.60. The number of carbonyl (C=O) groups is 1. The second kappa shape index (κ2) is 10.1. The van der Waals surface area contributed by atoms with Crippen LogP contribution in [0.3, 0.4) is 0 Å². The number of carbonyl (C=O) groups excluding carboxylic acids is 1. The van der Waals surface area contributed by atoms with Crippen LogP contribution in [0.15, 0.2) is 30.0 Å². The predicted octanol–water partition coefficient (Wildman–Crippen LogP) is 1.28. The summed E-state index contributed by atoms with van der Waals surface area (Å²) in [7, 11) is 0. The Labute approximate surface area is 140 Å². The van der Waals surface area contributed by atoms with Gasteiger partial charge in [-0.05, 0) is 57.9 Å². The molecule has 0 aliphatic rings. The standard InChI is InChI=1S/C17H27N3O.ClH/c1-6-13(4)12-18-17(21)19-16-10-9-15(11-14(16)5)20(7-2)8-3;/h9-12H,6-8H2,1-5H3,(H2,18,19,21);1H/p-1/b13-12+;. The van der Waals surface area contributed by atoms with E-state index < -0.39 is 0 Å². The van der Waals surface area contributed by atoms with E-state index in [2.05, 4.69) is 42.4 Å². The lowest BCUT2D eigenvalue weighted by Gasteiger charge is -2.22. The SMILES string of the molecule is CC/C(C)=C/NC(=O)Nc1ccc(N(CC)CC)cc1C.[Cl-]. The zero-order valence-electron chi connectivity index (χ0n) is 14.2. The molecule has 0 unspecified atom stereocenters. The van der Waals surface area contributed by atoms with Crippen LogP contribution >= 0.6 is 0 Å². The first-order valence-electron chi connectivity index (χ1n) is 7.60. The average Bonchev–Trinajstić information content (AvgIpc) is 2.48. The van der Waals surface area contributed by atoms with E-state index in [9.17, 15) is 4.79 Å². The number of nitrogens with one attached hydrogen (secondary N) is 2. The maximum atomic E-state index is 11.8. The molecule has 0 aliphatic heterocycles. The Hall–Kier alpha value is -1.68. The number of hydrogen-bond donors (Lipinski definition) is 2. The third kappa shape index (κ3) is 5.98. The minimum Gasteiger partial charge on any atom is -1.00 e. The predicted molar refractivity (Wildman–Crippen MR) is 90.9 cm³/mol. The average molecular weight is 325 g/mol. The number of halogens is 1. The Morgan fingerprint density at radius 3 is 2.36 bits per heavy atom. The number of urea groups is 1. The molecule has 0 spiro atoms. The number of nitrogens with zero attached hydrogens (tertiary/aromatic N) is 1. The quantitative estimate of drug-likeness (QED) is 0.828. The molecule has 1 aromatic carbocycles. The summed E-state index contributed by atoms with van der Waals surface area (Å²) in [5.41, 5.74) is 4.22. The van der Waals surface area contributed by atoms with Crippen molar-refractivity contribution in [2.24, 2.45) is 0 Å². The van der Waals surface area contributed by atoms with Crippen molar-refractivity contribution in [3.05, 3.63) is 35.5 Å². The molecule has 22 heavy (non-hydrogen) atoms. The van der Waals surface area contributed by atoms with Crippen LogP contribution < -0.4 is 27.9 Å². The molecule has 0 heterocycles. The Kier molecular flexibility index (Phi) is 9.34. The maximum absolute atomic E-state index is 11.8. The molecule has 4 nitrogen and oxygen atoms in total. The molecule has 5 heteroatoms. The maximum Gasteiger partial charge on any atom is 0.323 e. The highest BCUT2D eigenvalue weighted by molar-refractivity contribution is 5.91. The fourth-order valence-electron chi connectivity index (χ4n) is 2.02. The van der Waals surface area contributed by atoms with Crippen molar-refractivity contribution in [3.8, 4) is 0 Å². The first-order chi connectivity index (χ1) is 10.0. The number of anilines is 2. The van der Waals surface area contributed by atoms with Crippen LogP contribution in [0.4, 0.5) is 16.2 Å². The summed E-state index contributed by atoms with van der Waals surface area (Å²) >= 11 is 0. The molecule has 0 bridgehead atoms. The van der Waals surface area contributed by atoms with Gasteiger partial charge in [-0.3, -0.25) is 0 Å². The van der Waals surface area contributed by atoms with Gasteiger partial charge in [0.1, 0.15) is 0 Å². The highest BCUT2D eigenvalue weighted by atomic mass is 35.5. The van der Waals surface area contributed by atoms with Crippen molar-refractivity contribution in [1.29, 1.82) is 0 Å². The molecular weight excluding hydrogens is 298 g/mol. The van der Waals surface area contributed by atoms with Gasteiger partial charge >= 0.3 is 6.03 Å². The van der Waals surface area contributed by atoms with E-state index in [0.717, 1.165) is 36.3 Å². The molecule has 0 radical (unpaired) electrons. The Balaban J connectivity index is 0.00000441. The van der Waals surface area contributed by atoms with Gasteiger partial charge < -0.3 is 27.9 Å². The summed E-state index contributed by atoms with van der Waals surface area (Å²) < 4.78 is 0. The van der Waals surface area contributed by atoms with Crippen LogP contribution in [0.25, 0.3) is 0 Å². The van der Waals surface area contributed by atoms with E-state index in [1.165, 1.54) is 5.69 Å². The Morgan fingerprint density at radius 2 is 1.86 bits per heavy atom. The lowest BCUT2D eigenvalue weighted by Crippen LogP contribution is -3.00. The van der Waals surface area contributed by atoms with Crippen molar-refractivity contribution in [1.82, 2.24) is 5.32 Å². The van der Waals surface area contributed by atoms with E-state index in [4.69, 9.17) is 0 Å². The number of rotatable bonds is 6. The monoisotopic (exact) mass is 324 g/mol. The minimum absolute atomic E-state index is 0. The molecule has 0 saturated heterocycles. The normalized spacial score (nSPS) is 10.7. The van der Waals surface area contributed by atoms with Gasteiger partial charge in [-0.1, -0.05) is 12.5 Å². The highest BCUT2D eigenvalue weighted by Gasteiger charge is 2.07. The van der Waals surface area contributed by atoms with E-state index in [1.807, 2.05) is 26.0 Å². The molecule has 0 aromatic heterocycles. The van der Waals surface area contributed by atoms with Gasteiger partial charge in [0.25, 0.3) is 0 Å². The molecule has 0 saturated carbocycles. The smallest absolute Gasteiger partial charge is 0.323 e. The summed E-state index contributed by atoms with van der Waals surface area (Å²) in [5.74, 6) is 0. The molecule has 1 rings (SSSR count). The van der Waals surface area contributed by atoms with Crippen molar-refractivity contribution < 1.29 is 17.2 Å². The summed E-state index contributed by atoms with van der Waals surface area (Å²) in [6.45, 7) is 12.3. The molecule has 2 amide bonds. The van der Waals surface area contributed by atoms with Crippen LogP contribution in [-0.4, -0.2) is 19.1 Å². The molecule has 124 valence electrons. The Morgan fingerprint density at radius 1 is 1.23 bits per heavy atom. The number of amides is 2. The minimum atomic E-state index is -0.207. The summed E-state index contributed by atoms with van der Waals surface area (Å²) in [4.78, 5) is 14.1. The van der Waals surface area contributed by atoms with Crippen molar-refractivity contribution in [3.63, 3.8) is 0 Å². The van der Waals surface area contributed by atoms with Crippen LogP contribution in [0.1, 0.15) is 39.7 Å². The largest absolute Gasteiger partial charge is 1.00 e. The van der Waals surface area contributed by atoms with Crippen molar-refractivity contribution in [2.75, 3.05) is 23.3 Å². The van der Waals surface area contributed by atoms with E-state index in [1.54, 1.807) is 6.20 Å². The van der Waals surface area contributed by atoms with Gasteiger partial charge in [0.2, 0.25) is 0 Å². The van der Waals surface area contributed by atoms with Crippen LogP contribution in [0, 0.1) is 6.92 Å². The molecule has 0 aliphatic carbocycles. The fourth-order valence-corrected chi connectivity index (χ4v) is 2.02. The second-order valence-corrected chi connectivity index (χ2v) is 5.11. The van der Waals surface area contributed by atoms with E-state index in [0.29, 0.717) is 0 Å². The summed E-state index contributed by atoms with van der Waals surface area (Å²) in [6.07, 6.45) is 2.67. The van der Waals surface area contributed by atoms with Gasteiger partial charge in [0, 0.05) is 30.7 Å². The van der Waals surface area contributed by atoms with Gasteiger partial charge in [-0.25, -0.2) is 4.79 Å². The third-order valence-corrected chi connectivity index (χ3v) is 3.59. The van der Waals surface area contributed by atoms with Gasteiger partial charge in [0.15, 0.2) is 0 Å². The molecule has 1 aromatic rings.